The molecule has 0 aliphatic heterocycles. The molecule has 1 atom stereocenters. The quantitative estimate of drug-likeness (QED) is 0.322. The molecule has 0 aromatic carbocycles. The Kier molecular flexibility index (Phi) is 9.54. The number of Topliss-reactive ketones (excluding diaryl/α,β-unsaturated/α-hetero) is 1. The minimum Gasteiger partial charge on any atom is -0.772 e. The molecule has 9 heavy (non-hydrogen) atoms. The molecule has 48 valence electrons. The standard InChI is InChI=1S/C4H8O3S.Na/c1-4(5)2-3-8(6)7;/h2-3H2,1H3,(H,6,7);/q;+1/p-1. The summed E-state index contributed by atoms with van der Waals surface area (Å²) in [6.07, 6.45) is 0.135. The van der Waals surface area contributed by atoms with Crippen LogP contribution in [0.4, 0.5) is 0 Å². The van der Waals surface area contributed by atoms with Crippen molar-refractivity contribution in [2.24, 2.45) is 0 Å². The molecule has 0 aliphatic carbocycles. The maximum absolute atomic E-state index is 10.1. The minimum atomic E-state index is -2.06. The molecule has 0 rings (SSSR count). The summed E-state index contributed by atoms with van der Waals surface area (Å²) < 4.78 is 19.5. The van der Waals surface area contributed by atoms with Crippen LogP contribution in [0.2, 0.25) is 0 Å². The molecule has 3 nitrogen and oxygen atoms in total. The molecule has 0 saturated heterocycles. The number of rotatable bonds is 3. The monoisotopic (exact) mass is 158 g/mol. The average molecular weight is 158 g/mol. The van der Waals surface area contributed by atoms with Gasteiger partial charge in [-0.2, -0.15) is 0 Å². The van der Waals surface area contributed by atoms with E-state index < -0.39 is 11.1 Å². The Bertz CT molecular complexity index is 100. The molecule has 0 amide bonds. The SMILES string of the molecule is CC(=O)CCS(=O)[O-].[Na+]. The van der Waals surface area contributed by atoms with Crippen molar-refractivity contribution < 1.29 is 43.1 Å². The minimum absolute atomic E-state index is 0. The second-order valence-electron chi connectivity index (χ2n) is 1.46. The average Bonchev–Trinajstić information content (AvgIpc) is 1.61. The van der Waals surface area contributed by atoms with Gasteiger partial charge in [-0.05, 0) is 6.92 Å². The molecule has 0 N–H and O–H groups in total. The van der Waals surface area contributed by atoms with Crippen LogP contribution in [0.1, 0.15) is 13.3 Å². The van der Waals surface area contributed by atoms with Crippen LogP contribution < -0.4 is 29.6 Å². The zero-order valence-corrected chi connectivity index (χ0v) is 8.36. The van der Waals surface area contributed by atoms with Gasteiger partial charge in [0.05, 0.1) is 0 Å². The summed E-state index contributed by atoms with van der Waals surface area (Å²) in [6, 6.07) is 0. The Labute approximate surface area is 78.8 Å². The first-order valence-electron chi connectivity index (χ1n) is 2.18. The van der Waals surface area contributed by atoms with E-state index in [1.54, 1.807) is 0 Å². The fourth-order valence-electron chi connectivity index (χ4n) is 0.227. The maximum atomic E-state index is 10.1. The Morgan fingerprint density at radius 1 is 1.67 bits per heavy atom. The van der Waals surface area contributed by atoms with Gasteiger partial charge < -0.3 is 4.55 Å². The van der Waals surface area contributed by atoms with Gasteiger partial charge in [0.15, 0.2) is 0 Å². The summed E-state index contributed by atoms with van der Waals surface area (Å²) in [6.45, 7) is 1.37. The molecular formula is C4H7NaO3S. The van der Waals surface area contributed by atoms with Crippen molar-refractivity contribution >= 4 is 16.9 Å². The van der Waals surface area contributed by atoms with Gasteiger partial charge in [-0.25, -0.2) is 0 Å². The summed E-state index contributed by atoms with van der Waals surface area (Å²) in [4.78, 5) is 10.1. The number of carbonyl (C=O) groups excluding carboxylic acids is 1. The number of carbonyl (C=O) groups is 1. The van der Waals surface area contributed by atoms with E-state index in [1.807, 2.05) is 0 Å². The molecule has 0 aromatic heterocycles. The normalized spacial score (nSPS) is 11.8. The van der Waals surface area contributed by atoms with Crippen molar-refractivity contribution in [2.45, 2.75) is 13.3 Å². The van der Waals surface area contributed by atoms with Crippen LogP contribution in [0.3, 0.4) is 0 Å². The molecule has 0 saturated carbocycles. The van der Waals surface area contributed by atoms with Gasteiger partial charge in [0.1, 0.15) is 5.78 Å². The van der Waals surface area contributed by atoms with Crippen molar-refractivity contribution in [3.8, 4) is 0 Å². The zero-order valence-electron chi connectivity index (χ0n) is 5.55. The zero-order chi connectivity index (χ0) is 6.57. The fraction of sp³-hybridized carbons (Fsp3) is 0.750. The molecule has 5 heteroatoms. The second kappa shape index (κ2) is 6.89. The van der Waals surface area contributed by atoms with Gasteiger partial charge in [-0.1, -0.05) is 11.1 Å². The smallest absolute Gasteiger partial charge is 0.772 e. The Hall–Kier alpha value is 0.780. The molecule has 0 radical (unpaired) electrons. The van der Waals surface area contributed by atoms with E-state index in [0.29, 0.717) is 0 Å². The van der Waals surface area contributed by atoms with Crippen molar-refractivity contribution in [3.05, 3.63) is 0 Å². The van der Waals surface area contributed by atoms with Gasteiger partial charge in [0, 0.05) is 12.2 Å². The first-order valence-corrected chi connectivity index (χ1v) is 3.42. The molecule has 0 aromatic rings. The summed E-state index contributed by atoms with van der Waals surface area (Å²) in [7, 11) is 0. The molecule has 0 fully saturated rings. The van der Waals surface area contributed by atoms with Crippen molar-refractivity contribution in [3.63, 3.8) is 0 Å². The topological polar surface area (TPSA) is 57.2 Å². The van der Waals surface area contributed by atoms with Crippen LogP contribution in [0.5, 0.6) is 0 Å². The van der Waals surface area contributed by atoms with E-state index in [4.69, 9.17) is 0 Å². The second-order valence-corrected chi connectivity index (χ2v) is 2.48. The third-order valence-corrected chi connectivity index (χ3v) is 1.16. The van der Waals surface area contributed by atoms with Gasteiger partial charge in [0.25, 0.3) is 0 Å². The Balaban J connectivity index is 0. The third kappa shape index (κ3) is 12.1. The number of hydrogen-bond acceptors (Lipinski definition) is 3. The first kappa shape index (κ1) is 12.5. The number of ketones is 1. The Morgan fingerprint density at radius 3 is 2.22 bits per heavy atom. The molecule has 0 spiro atoms. The van der Waals surface area contributed by atoms with Crippen molar-refractivity contribution in [1.29, 1.82) is 0 Å². The molecule has 0 aliphatic rings. The van der Waals surface area contributed by atoms with Crippen LogP contribution in [-0.2, 0) is 15.9 Å². The predicted molar refractivity (Wildman–Crippen MR) is 29.1 cm³/mol. The summed E-state index contributed by atoms with van der Waals surface area (Å²) in [5.74, 6) is -0.135. The van der Waals surface area contributed by atoms with Crippen LogP contribution in [0.15, 0.2) is 0 Å². The maximum Gasteiger partial charge on any atom is 1.00 e. The third-order valence-electron chi connectivity index (χ3n) is 0.621. The van der Waals surface area contributed by atoms with Crippen LogP contribution >= 0.6 is 0 Å². The predicted octanol–water partition coefficient (Wildman–Crippen LogP) is -3.15. The van der Waals surface area contributed by atoms with E-state index in [0.717, 1.165) is 0 Å². The Morgan fingerprint density at radius 2 is 2.11 bits per heavy atom. The summed E-state index contributed by atoms with van der Waals surface area (Å²) in [5.41, 5.74) is 0. The molecule has 0 heterocycles. The van der Waals surface area contributed by atoms with Crippen LogP contribution in [0, 0.1) is 0 Å². The van der Waals surface area contributed by atoms with Crippen molar-refractivity contribution in [1.82, 2.24) is 0 Å². The van der Waals surface area contributed by atoms with E-state index in [1.165, 1.54) is 6.92 Å². The fourth-order valence-corrected chi connectivity index (χ4v) is 0.681. The largest absolute Gasteiger partial charge is 1.00 e. The van der Waals surface area contributed by atoms with E-state index in [9.17, 15) is 13.6 Å². The van der Waals surface area contributed by atoms with Gasteiger partial charge in [-0.15, -0.1) is 0 Å². The molecule has 1 unspecified atom stereocenters. The summed E-state index contributed by atoms with van der Waals surface area (Å²) in [5, 5.41) is 0. The first-order chi connectivity index (χ1) is 3.63. The van der Waals surface area contributed by atoms with E-state index in [2.05, 4.69) is 0 Å². The number of hydrogen-bond donors (Lipinski definition) is 0. The molecular weight excluding hydrogens is 151 g/mol. The van der Waals surface area contributed by atoms with Crippen molar-refractivity contribution in [2.75, 3.05) is 5.75 Å². The van der Waals surface area contributed by atoms with Gasteiger partial charge in [-0.3, -0.25) is 9.00 Å². The van der Waals surface area contributed by atoms with Gasteiger partial charge >= 0.3 is 29.6 Å². The summed E-state index contributed by atoms with van der Waals surface area (Å²) >= 11 is -2.06. The van der Waals surface area contributed by atoms with E-state index in [-0.39, 0.29) is 47.5 Å². The van der Waals surface area contributed by atoms with Crippen LogP contribution in [-0.4, -0.2) is 20.3 Å². The molecule has 0 bridgehead atoms. The van der Waals surface area contributed by atoms with Gasteiger partial charge in [0.2, 0.25) is 0 Å². The van der Waals surface area contributed by atoms with E-state index >= 15 is 0 Å². The van der Waals surface area contributed by atoms with Crippen LogP contribution in [0.25, 0.3) is 0 Å².